The van der Waals surface area contributed by atoms with Crippen molar-refractivity contribution in [1.29, 1.82) is 0 Å². The van der Waals surface area contributed by atoms with Gasteiger partial charge in [-0.1, -0.05) is 23.9 Å². The van der Waals surface area contributed by atoms with Crippen LogP contribution in [0.15, 0.2) is 58.4 Å². The highest BCUT2D eigenvalue weighted by Crippen LogP contribution is 2.27. The third kappa shape index (κ3) is 4.58. The highest BCUT2D eigenvalue weighted by Gasteiger charge is 2.12. The average Bonchev–Trinajstić information content (AvgIpc) is 3.22. The molecule has 11 heteroatoms. The Morgan fingerprint density at radius 1 is 1.07 bits per heavy atom. The largest absolute Gasteiger partial charge is 0.495 e. The first-order valence-electron chi connectivity index (χ1n) is 8.48. The maximum atomic E-state index is 5.83. The van der Waals surface area contributed by atoms with Crippen molar-refractivity contribution in [2.45, 2.75) is 11.0 Å². The molecule has 29 heavy (non-hydrogen) atoms. The number of hydrogen-bond acceptors (Lipinski definition) is 11. The normalized spacial score (nSPS) is 10.7. The number of ether oxygens (including phenoxy) is 1. The summed E-state index contributed by atoms with van der Waals surface area (Å²) < 4.78 is 11.0. The van der Waals surface area contributed by atoms with Crippen LogP contribution in [0.3, 0.4) is 0 Å². The van der Waals surface area contributed by atoms with Gasteiger partial charge in [0.2, 0.25) is 17.8 Å². The quantitative estimate of drug-likeness (QED) is 0.436. The summed E-state index contributed by atoms with van der Waals surface area (Å²) in [5.74, 6) is 2.37. The number of anilines is 3. The molecule has 3 aromatic heterocycles. The van der Waals surface area contributed by atoms with E-state index in [0.29, 0.717) is 34.4 Å². The van der Waals surface area contributed by atoms with Gasteiger partial charge in [-0.2, -0.15) is 15.0 Å². The first-order chi connectivity index (χ1) is 14.2. The molecule has 0 fully saturated rings. The first-order valence-corrected chi connectivity index (χ1v) is 9.47. The van der Waals surface area contributed by atoms with E-state index in [-0.39, 0.29) is 5.95 Å². The van der Waals surface area contributed by atoms with Gasteiger partial charge in [-0.3, -0.25) is 4.98 Å². The molecular formula is C18H16N8O2S. The molecule has 0 bridgehead atoms. The smallest absolute Gasteiger partial charge is 0.277 e. The zero-order valence-electron chi connectivity index (χ0n) is 15.3. The van der Waals surface area contributed by atoms with Crippen LogP contribution in [0.4, 0.5) is 17.6 Å². The number of rotatable bonds is 7. The lowest BCUT2D eigenvalue weighted by atomic mass is 10.3. The van der Waals surface area contributed by atoms with Gasteiger partial charge in [0.05, 0.1) is 18.6 Å². The minimum Gasteiger partial charge on any atom is -0.495 e. The van der Waals surface area contributed by atoms with Gasteiger partial charge >= 0.3 is 0 Å². The molecule has 1 aromatic carbocycles. The Bertz CT molecular complexity index is 1110. The molecule has 4 rings (SSSR count). The number of nitrogens with zero attached hydrogens (tertiary/aromatic N) is 6. The molecule has 0 radical (unpaired) electrons. The SMILES string of the molecule is COc1ccccc1Nc1nc(N)nc(CSc2nnc(-c3ccncc3)o2)n1. The lowest BCUT2D eigenvalue weighted by molar-refractivity contribution is 0.417. The third-order valence-corrected chi connectivity index (χ3v) is 4.53. The fourth-order valence-corrected chi connectivity index (χ4v) is 3.05. The van der Waals surface area contributed by atoms with Crippen LogP contribution >= 0.6 is 11.8 Å². The van der Waals surface area contributed by atoms with Crippen molar-refractivity contribution >= 4 is 29.3 Å². The highest BCUT2D eigenvalue weighted by atomic mass is 32.2. The summed E-state index contributed by atoms with van der Waals surface area (Å²) >= 11 is 1.30. The maximum absolute atomic E-state index is 5.83. The lowest BCUT2D eigenvalue weighted by Crippen LogP contribution is -2.07. The van der Waals surface area contributed by atoms with Crippen LogP contribution in [-0.4, -0.2) is 37.2 Å². The molecule has 4 aromatic rings. The second-order valence-corrected chi connectivity index (χ2v) is 6.58. The van der Waals surface area contributed by atoms with Gasteiger partial charge < -0.3 is 20.2 Å². The van der Waals surface area contributed by atoms with E-state index in [1.54, 1.807) is 31.6 Å². The van der Waals surface area contributed by atoms with Crippen molar-refractivity contribution in [2.24, 2.45) is 0 Å². The van der Waals surface area contributed by atoms with Gasteiger partial charge in [0.1, 0.15) is 11.6 Å². The van der Waals surface area contributed by atoms with Crippen molar-refractivity contribution in [3.8, 4) is 17.2 Å². The molecule has 0 aliphatic rings. The van der Waals surface area contributed by atoms with Crippen molar-refractivity contribution in [3.63, 3.8) is 0 Å². The first kappa shape index (κ1) is 18.6. The Kier molecular flexibility index (Phi) is 5.47. The van der Waals surface area contributed by atoms with E-state index in [1.165, 1.54) is 11.8 Å². The number of methoxy groups -OCH3 is 1. The van der Waals surface area contributed by atoms with E-state index < -0.39 is 0 Å². The Morgan fingerprint density at radius 3 is 2.72 bits per heavy atom. The molecule has 3 N–H and O–H groups in total. The Hall–Kier alpha value is -3.73. The molecule has 0 saturated heterocycles. The Balaban J connectivity index is 1.46. The Morgan fingerprint density at radius 2 is 1.90 bits per heavy atom. The predicted octanol–water partition coefficient (Wildman–Crippen LogP) is 2.94. The van der Waals surface area contributed by atoms with Gasteiger partial charge in [0.25, 0.3) is 5.22 Å². The van der Waals surface area contributed by atoms with Crippen LogP contribution in [0, 0.1) is 0 Å². The van der Waals surface area contributed by atoms with E-state index in [1.807, 2.05) is 24.3 Å². The number of nitrogen functional groups attached to an aromatic ring is 1. The number of para-hydroxylation sites is 2. The van der Waals surface area contributed by atoms with Crippen LogP contribution in [0.25, 0.3) is 11.5 Å². The summed E-state index contributed by atoms with van der Waals surface area (Å²) in [5.41, 5.74) is 7.35. The minimum atomic E-state index is 0.107. The van der Waals surface area contributed by atoms with Crippen molar-refractivity contribution < 1.29 is 9.15 Å². The van der Waals surface area contributed by atoms with Crippen LogP contribution < -0.4 is 15.8 Å². The van der Waals surface area contributed by atoms with Crippen LogP contribution in [0.5, 0.6) is 5.75 Å². The van der Waals surface area contributed by atoms with Crippen molar-refractivity contribution in [3.05, 3.63) is 54.6 Å². The molecule has 0 atom stereocenters. The summed E-state index contributed by atoms with van der Waals surface area (Å²) in [6, 6.07) is 11.0. The van der Waals surface area contributed by atoms with Crippen molar-refractivity contribution in [2.75, 3.05) is 18.2 Å². The molecule has 10 nitrogen and oxygen atoms in total. The van der Waals surface area contributed by atoms with Gasteiger partial charge in [0, 0.05) is 18.0 Å². The standard InChI is InChI=1S/C18H16N8O2S/c1-27-13-5-3-2-4-12(13)21-17-23-14(22-16(19)24-17)10-29-18-26-25-15(28-18)11-6-8-20-9-7-11/h2-9H,10H2,1H3,(H3,19,21,22,23,24). The summed E-state index contributed by atoms with van der Waals surface area (Å²) in [7, 11) is 1.59. The van der Waals surface area contributed by atoms with Gasteiger partial charge in [-0.25, -0.2) is 0 Å². The van der Waals surface area contributed by atoms with Crippen LogP contribution in [0.1, 0.15) is 5.82 Å². The number of aromatic nitrogens is 6. The van der Waals surface area contributed by atoms with E-state index in [0.717, 1.165) is 11.3 Å². The summed E-state index contributed by atoms with van der Waals surface area (Å²) in [6.45, 7) is 0. The van der Waals surface area contributed by atoms with Gasteiger partial charge in [-0.15, -0.1) is 10.2 Å². The van der Waals surface area contributed by atoms with E-state index in [4.69, 9.17) is 14.9 Å². The monoisotopic (exact) mass is 408 g/mol. The second kappa shape index (κ2) is 8.52. The van der Waals surface area contributed by atoms with E-state index in [9.17, 15) is 0 Å². The topological polar surface area (TPSA) is 138 Å². The number of thioether (sulfide) groups is 1. The summed E-state index contributed by atoms with van der Waals surface area (Å²) in [4.78, 5) is 16.7. The molecular weight excluding hydrogens is 392 g/mol. The number of hydrogen-bond donors (Lipinski definition) is 2. The fourth-order valence-electron chi connectivity index (χ4n) is 2.43. The Labute approximate surface area is 170 Å². The number of benzene rings is 1. The maximum Gasteiger partial charge on any atom is 0.277 e. The number of nitrogens with one attached hydrogen (secondary N) is 1. The third-order valence-electron chi connectivity index (χ3n) is 3.71. The zero-order chi connectivity index (χ0) is 20.1. The summed E-state index contributed by atoms with van der Waals surface area (Å²) in [6.07, 6.45) is 3.33. The predicted molar refractivity (Wildman–Crippen MR) is 108 cm³/mol. The van der Waals surface area contributed by atoms with Crippen molar-refractivity contribution in [1.82, 2.24) is 30.1 Å². The van der Waals surface area contributed by atoms with Crippen LogP contribution in [-0.2, 0) is 5.75 Å². The molecule has 0 unspecified atom stereocenters. The van der Waals surface area contributed by atoms with Gasteiger partial charge in [-0.05, 0) is 24.3 Å². The zero-order valence-corrected chi connectivity index (χ0v) is 16.1. The van der Waals surface area contributed by atoms with Gasteiger partial charge in [0.15, 0.2) is 0 Å². The fraction of sp³-hybridized carbons (Fsp3) is 0.111. The van der Waals surface area contributed by atoms with E-state index >= 15 is 0 Å². The molecule has 0 aliphatic heterocycles. The molecule has 146 valence electrons. The number of nitrogens with two attached hydrogens (primary N) is 1. The molecule has 0 spiro atoms. The van der Waals surface area contributed by atoms with Crippen LogP contribution in [0.2, 0.25) is 0 Å². The molecule has 0 aliphatic carbocycles. The number of pyridine rings is 1. The highest BCUT2D eigenvalue weighted by molar-refractivity contribution is 7.98. The average molecular weight is 408 g/mol. The van der Waals surface area contributed by atoms with E-state index in [2.05, 4.69) is 35.5 Å². The molecule has 0 amide bonds. The minimum absolute atomic E-state index is 0.107. The summed E-state index contributed by atoms with van der Waals surface area (Å²) in [5, 5.41) is 11.6. The lowest BCUT2D eigenvalue weighted by Gasteiger charge is -2.10. The molecule has 3 heterocycles. The molecule has 0 saturated carbocycles. The second-order valence-electron chi connectivity index (χ2n) is 5.66.